The van der Waals surface area contributed by atoms with E-state index in [9.17, 15) is 0 Å². The van der Waals surface area contributed by atoms with Crippen molar-refractivity contribution in [2.24, 2.45) is 5.92 Å². The van der Waals surface area contributed by atoms with Gasteiger partial charge in [-0.3, -0.25) is 0 Å². The number of anilines is 1. The SMILES string of the molecule is Cc1ccc2c(c1)C(C)(C)[C@@H]1CC[C@](C)(Sc3ccccc3)C[C@@H]1N2. The molecule has 1 heterocycles. The number of thioether (sulfide) groups is 1. The molecule has 0 radical (unpaired) electrons. The highest BCUT2D eigenvalue weighted by molar-refractivity contribution is 8.00. The maximum absolute atomic E-state index is 3.91. The number of nitrogens with one attached hydrogen (secondary N) is 1. The molecule has 2 heteroatoms. The summed E-state index contributed by atoms with van der Waals surface area (Å²) in [6, 6.07) is 18.4. The van der Waals surface area contributed by atoms with E-state index < -0.39 is 0 Å². The van der Waals surface area contributed by atoms with E-state index in [0.29, 0.717) is 16.7 Å². The Kier molecular flexibility index (Phi) is 4.15. The Morgan fingerprint density at radius 3 is 2.56 bits per heavy atom. The van der Waals surface area contributed by atoms with Gasteiger partial charge in [-0.2, -0.15) is 0 Å². The molecule has 0 spiro atoms. The van der Waals surface area contributed by atoms with Gasteiger partial charge in [-0.25, -0.2) is 0 Å². The maximum atomic E-state index is 3.91. The van der Waals surface area contributed by atoms with Crippen LogP contribution in [0.2, 0.25) is 0 Å². The van der Waals surface area contributed by atoms with Crippen LogP contribution in [-0.4, -0.2) is 10.8 Å². The first-order valence-corrected chi connectivity index (χ1v) is 10.3. The molecule has 4 rings (SSSR count). The third-order valence-corrected chi connectivity index (χ3v) is 7.74. The van der Waals surface area contributed by atoms with Gasteiger partial charge in [-0.15, -0.1) is 11.8 Å². The van der Waals surface area contributed by atoms with Gasteiger partial charge in [-0.05, 0) is 61.3 Å². The Labute approximate surface area is 156 Å². The van der Waals surface area contributed by atoms with Crippen LogP contribution in [0.5, 0.6) is 0 Å². The highest BCUT2D eigenvalue weighted by Gasteiger charge is 2.48. The van der Waals surface area contributed by atoms with Crippen molar-refractivity contribution >= 4 is 17.4 Å². The lowest BCUT2D eigenvalue weighted by molar-refractivity contribution is 0.186. The van der Waals surface area contributed by atoms with Gasteiger partial charge in [-0.1, -0.05) is 56.7 Å². The molecular weight excluding hydrogens is 322 g/mol. The molecule has 1 aliphatic heterocycles. The van der Waals surface area contributed by atoms with Crippen LogP contribution in [0.1, 0.15) is 51.2 Å². The van der Waals surface area contributed by atoms with Crippen LogP contribution in [-0.2, 0) is 5.41 Å². The van der Waals surface area contributed by atoms with E-state index in [4.69, 9.17) is 0 Å². The van der Waals surface area contributed by atoms with Gasteiger partial charge in [0.1, 0.15) is 0 Å². The van der Waals surface area contributed by atoms with Crippen LogP contribution in [0.25, 0.3) is 0 Å². The fourth-order valence-electron chi connectivity index (χ4n) is 4.97. The molecule has 2 aromatic carbocycles. The molecule has 0 unspecified atom stereocenters. The summed E-state index contributed by atoms with van der Waals surface area (Å²) >= 11 is 2.07. The van der Waals surface area contributed by atoms with Crippen molar-refractivity contribution in [1.29, 1.82) is 0 Å². The standard InChI is InChI=1S/C23H29NS/c1-16-10-11-20-19(14-16)22(2,3)18-12-13-23(4,15-21(18)24-20)25-17-8-6-5-7-9-17/h5-11,14,18,21,24H,12-13,15H2,1-4H3/t18-,21+,23+/m1/s1. The number of rotatable bonds is 2. The zero-order valence-corrected chi connectivity index (χ0v) is 16.6. The molecule has 2 aliphatic rings. The monoisotopic (exact) mass is 351 g/mol. The van der Waals surface area contributed by atoms with E-state index in [1.165, 1.54) is 41.0 Å². The lowest BCUT2D eigenvalue weighted by atomic mass is 9.61. The molecule has 1 nitrogen and oxygen atoms in total. The minimum absolute atomic E-state index is 0.246. The van der Waals surface area contributed by atoms with Crippen molar-refractivity contribution in [3.8, 4) is 0 Å². The van der Waals surface area contributed by atoms with Crippen molar-refractivity contribution in [3.63, 3.8) is 0 Å². The summed E-state index contributed by atoms with van der Waals surface area (Å²) in [7, 11) is 0. The van der Waals surface area contributed by atoms with E-state index >= 15 is 0 Å². The zero-order valence-electron chi connectivity index (χ0n) is 15.8. The summed E-state index contributed by atoms with van der Waals surface area (Å²) in [5, 5.41) is 3.91. The predicted octanol–water partition coefficient (Wildman–Crippen LogP) is 6.42. The normalized spacial score (nSPS) is 30.1. The molecule has 1 aliphatic carbocycles. The van der Waals surface area contributed by atoms with Crippen molar-refractivity contribution < 1.29 is 0 Å². The first-order valence-electron chi connectivity index (χ1n) is 9.49. The second-order valence-corrected chi connectivity index (χ2v) is 10.4. The molecule has 0 saturated heterocycles. The number of hydrogen-bond acceptors (Lipinski definition) is 2. The van der Waals surface area contributed by atoms with Crippen LogP contribution in [0.3, 0.4) is 0 Å². The number of hydrogen-bond donors (Lipinski definition) is 1. The van der Waals surface area contributed by atoms with Gasteiger partial charge in [0.15, 0.2) is 0 Å². The Hall–Kier alpha value is -1.41. The summed E-state index contributed by atoms with van der Waals surface area (Å²) in [4.78, 5) is 1.40. The molecule has 0 amide bonds. The predicted molar refractivity (Wildman–Crippen MR) is 110 cm³/mol. The van der Waals surface area contributed by atoms with E-state index in [0.717, 1.165) is 0 Å². The van der Waals surface area contributed by atoms with Gasteiger partial charge in [0.25, 0.3) is 0 Å². The Bertz CT molecular complexity index is 767. The Balaban J connectivity index is 1.61. The average Bonchev–Trinajstić information content (AvgIpc) is 2.56. The van der Waals surface area contributed by atoms with E-state index in [1.807, 2.05) is 0 Å². The smallest absolute Gasteiger partial charge is 0.0380 e. The Morgan fingerprint density at radius 2 is 1.80 bits per heavy atom. The third-order valence-electron chi connectivity index (χ3n) is 6.37. The summed E-state index contributed by atoms with van der Waals surface area (Å²) < 4.78 is 0.313. The van der Waals surface area contributed by atoms with E-state index in [1.54, 1.807) is 0 Å². The lowest BCUT2D eigenvalue weighted by Crippen LogP contribution is -2.52. The molecule has 0 aromatic heterocycles. The van der Waals surface area contributed by atoms with Gasteiger partial charge in [0.2, 0.25) is 0 Å². The van der Waals surface area contributed by atoms with Crippen LogP contribution in [0.15, 0.2) is 53.4 Å². The lowest BCUT2D eigenvalue weighted by Gasteiger charge is -2.52. The van der Waals surface area contributed by atoms with Crippen LogP contribution >= 0.6 is 11.8 Å². The molecule has 1 N–H and O–H groups in total. The van der Waals surface area contributed by atoms with Crippen molar-refractivity contribution in [2.75, 3.05) is 5.32 Å². The van der Waals surface area contributed by atoms with Gasteiger partial charge < -0.3 is 5.32 Å². The number of benzene rings is 2. The average molecular weight is 352 g/mol. The minimum Gasteiger partial charge on any atom is -0.382 e. The van der Waals surface area contributed by atoms with Gasteiger partial charge in [0, 0.05) is 21.4 Å². The zero-order chi connectivity index (χ0) is 17.7. The van der Waals surface area contributed by atoms with Gasteiger partial charge >= 0.3 is 0 Å². The number of fused-ring (bicyclic) bond motifs is 2. The molecule has 132 valence electrons. The minimum atomic E-state index is 0.246. The molecule has 1 saturated carbocycles. The second kappa shape index (κ2) is 6.09. The van der Waals surface area contributed by atoms with E-state index in [-0.39, 0.29) is 5.41 Å². The fraction of sp³-hybridized carbons (Fsp3) is 0.478. The number of aryl methyl sites for hydroxylation is 1. The highest BCUT2D eigenvalue weighted by Crippen LogP contribution is 2.53. The topological polar surface area (TPSA) is 12.0 Å². The quantitative estimate of drug-likeness (QED) is 0.670. The van der Waals surface area contributed by atoms with Gasteiger partial charge in [0.05, 0.1) is 0 Å². The van der Waals surface area contributed by atoms with Crippen molar-refractivity contribution in [1.82, 2.24) is 0 Å². The summed E-state index contributed by atoms with van der Waals surface area (Å²) in [5.41, 5.74) is 4.47. The summed E-state index contributed by atoms with van der Waals surface area (Å²) in [5.74, 6) is 0.714. The molecule has 1 fully saturated rings. The Morgan fingerprint density at radius 1 is 1.04 bits per heavy atom. The van der Waals surface area contributed by atoms with Crippen LogP contribution in [0.4, 0.5) is 5.69 Å². The molecule has 3 atom stereocenters. The maximum Gasteiger partial charge on any atom is 0.0380 e. The van der Waals surface area contributed by atoms with Crippen LogP contribution < -0.4 is 5.32 Å². The molecule has 25 heavy (non-hydrogen) atoms. The largest absolute Gasteiger partial charge is 0.382 e. The summed E-state index contributed by atoms with van der Waals surface area (Å²) in [6.45, 7) is 9.57. The first-order chi connectivity index (χ1) is 11.9. The second-order valence-electron chi connectivity index (χ2n) is 8.74. The molecular formula is C23H29NS. The third kappa shape index (κ3) is 3.10. The first kappa shape index (κ1) is 17.0. The molecule has 2 aromatic rings. The molecule has 0 bridgehead atoms. The van der Waals surface area contributed by atoms with E-state index in [2.05, 4.69) is 93.3 Å². The fourth-order valence-corrected chi connectivity index (χ4v) is 6.31. The van der Waals surface area contributed by atoms with Crippen LogP contribution in [0, 0.1) is 12.8 Å². The highest BCUT2D eigenvalue weighted by atomic mass is 32.2. The van der Waals surface area contributed by atoms with Crippen molar-refractivity contribution in [3.05, 3.63) is 59.7 Å². The van der Waals surface area contributed by atoms with Crippen molar-refractivity contribution in [2.45, 2.75) is 68.1 Å². The summed E-state index contributed by atoms with van der Waals surface area (Å²) in [6.07, 6.45) is 3.82.